The first-order valence-electron chi connectivity index (χ1n) is 12.0. The van der Waals surface area contributed by atoms with E-state index in [1.54, 1.807) is 0 Å². The van der Waals surface area contributed by atoms with Gasteiger partial charge in [-0.3, -0.25) is 4.79 Å². The van der Waals surface area contributed by atoms with E-state index >= 15 is 0 Å². The molecule has 5 rings (SSSR count). The largest absolute Gasteiger partial charge is 0.472 e. The molecule has 2 aliphatic heterocycles. The number of aryl methyl sites for hydroxylation is 1. The van der Waals surface area contributed by atoms with E-state index in [1.165, 1.54) is 12.0 Å². The lowest BCUT2D eigenvalue weighted by molar-refractivity contribution is 0.0515. The summed E-state index contributed by atoms with van der Waals surface area (Å²) in [6.07, 6.45) is 0. The van der Waals surface area contributed by atoms with E-state index in [0.29, 0.717) is 37.6 Å². The average molecular weight is 559 g/mol. The van der Waals surface area contributed by atoms with Gasteiger partial charge in [0, 0.05) is 24.2 Å². The van der Waals surface area contributed by atoms with Gasteiger partial charge in [-0.15, -0.1) is 0 Å². The number of rotatable bonds is 4. The molecule has 1 fully saturated rings. The van der Waals surface area contributed by atoms with Gasteiger partial charge in [0.1, 0.15) is 11.6 Å². The van der Waals surface area contributed by atoms with E-state index in [4.69, 9.17) is 37.4 Å². The van der Waals surface area contributed by atoms with Crippen LogP contribution in [0.15, 0.2) is 42.5 Å². The van der Waals surface area contributed by atoms with E-state index in [2.05, 4.69) is 4.90 Å². The van der Waals surface area contributed by atoms with Gasteiger partial charge in [0.15, 0.2) is 6.73 Å². The van der Waals surface area contributed by atoms with Crippen molar-refractivity contribution in [3.05, 3.63) is 80.6 Å². The van der Waals surface area contributed by atoms with Crippen LogP contribution >= 0.6 is 23.2 Å². The second-order valence-corrected chi connectivity index (χ2v) is 9.91. The second-order valence-electron chi connectivity index (χ2n) is 9.09. The summed E-state index contributed by atoms with van der Waals surface area (Å²) >= 11 is 12.3. The van der Waals surface area contributed by atoms with Gasteiger partial charge < -0.3 is 24.0 Å². The van der Waals surface area contributed by atoms with Crippen LogP contribution in [-0.4, -0.2) is 56.9 Å². The molecule has 1 saturated heterocycles. The Hall–Kier alpha value is -3.33. The van der Waals surface area contributed by atoms with Gasteiger partial charge in [0.25, 0.3) is 5.91 Å². The summed E-state index contributed by atoms with van der Waals surface area (Å²) < 4.78 is 30.3. The number of para-hydroxylation sites is 1. The zero-order valence-electron chi connectivity index (χ0n) is 20.9. The molecule has 0 atom stereocenters. The number of ether oxygens (including phenoxy) is 3. The normalized spacial score (nSPS) is 15.1. The first-order chi connectivity index (χ1) is 18.3. The van der Waals surface area contributed by atoms with E-state index in [0.717, 1.165) is 40.1 Å². The number of hydrogen-bond donors (Lipinski definition) is 0. The van der Waals surface area contributed by atoms with Crippen molar-refractivity contribution in [3.63, 3.8) is 0 Å². The van der Waals surface area contributed by atoms with Crippen molar-refractivity contribution in [2.24, 2.45) is 0 Å². The summed E-state index contributed by atoms with van der Waals surface area (Å²) in [5, 5.41) is -0.118. The lowest BCUT2D eigenvalue weighted by Gasteiger charge is -2.32. The molecule has 0 aromatic heterocycles. The number of halogens is 3. The number of methoxy groups -OCH3 is 1. The Bertz CT molecular complexity index is 1400. The maximum atomic E-state index is 13.6. The highest BCUT2D eigenvalue weighted by molar-refractivity contribution is 6.39. The highest BCUT2D eigenvalue weighted by Gasteiger charge is 2.29. The lowest BCUT2D eigenvalue weighted by atomic mass is 9.94. The molecular formula is C28H25Cl2FN2O5. The predicted molar refractivity (Wildman–Crippen MR) is 143 cm³/mol. The van der Waals surface area contributed by atoms with Crippen LogP contribution in [0.25, 0.3) is 11.1 Å². The smallest absolute Gasteiger partial charge is 0.340 e. The number of amides is 1. The number of nitrogens with zero attached hydrogens (tertiary/aromatic N) is 2. The molecule has 0 radical (unpaired) electrons. The number of esters is 1. The van der Waals surface area contributed by atoms with Gasteiger partial charge in [-0.05, 0) is 36.2 Å². The molecule has 3 aromatic carbocycles. The SMILES string of the molecule is COC(=O)c1c(C)cc(-c2cccc3c2OCN(C(=O)c2c(Cl)cc(F)cc2Cl)C3)cc1N1CCOCC1. The maximum absolute atomic E-state index is 13.6. The molecule has 0 bridgehead atoms. The number of anilines is 1. The fraction of sp³-hybridized carbons (Fsp3) is 0.286. The minimum absolute atomic E-state index is 0.0297. The topological polar surface area (TPSA) is 68.3 Å². The van der Waals surface area contributed by atoms with Gasteiger partial charge in [-0.25, -0.2) is 9.18 Å². The summed E-state index contributed by atoms with van der Waals surface area (Å²) in [5.41, 5.74) is 4.61. The fourth-order valence-corrected chi connectivity index (χ4v) is 5.50. The van der Waals surface area contributed by atoms with Crippen LogP contribution in [0.3, 0.4) is 0 Å². The lowest BCUT2D eigenvalue weighted by Crippen LogP contribution is -2.37. The standard InChI is InChI=1S/C28H25Cl2FN2O5/c1-16-10-18(11-23(24(16)28(35)36-2)32-6-8-37-9-7-32)20-5-3-4-17-14-33(15-38-26(17)20)27(34)25-21(29)12-19(31)13-22(25)30/h3-5,10-13H,6-9,14-15H2,1-2H3. The molecule has 0 unspecified atom stereocenters. The average Bonchev–Trinajstić information content (AvgIpc) is 2.91. The van der Waals surface area contributed by atoms with Crippen molar-refractivity contribution in [2.75, 3.05) is 45.0 Å². The van der Waals surface area contributed by atoms with Crippen molar-refractivity contribution < 1.29 is 28.2 Å². The minimum atomic E-state index is -0.619. The number of morpholine rings is 1. The van der Waals surface area contributed by atoms with Gasteiger partial charge >= 0.3 is 5.97 Å². The van der Waals surface area contributed by atoms with Crippen molar-refractivity contribution in [3.8, 4) is 16.9 Å². The summed E-state index contributed by atoms with van der Waals surface area (Å²) in [6.45, 7) is 4.54. The van der Waals surface area contributed by atoms with Gasteiger partial charge in [-0.1, -0.05) is 47.5 Å². The van der Waals surface area contributed by atoms with Crippen LogP contribution in [0.4, 0.5) is 10.1 Å². The minimum Gasteiger partial charge on any atom is -0.472 e. The van der Waals surface area contributed by atoms with Crippen molar-refractivity contribution in [1.82, 2.24) is 4.90 Å². The monoisotopic (exact) mass is 558 g/mol. The Labute approximate surface area is 229 Å². The molecule has 10 heteroatoms. The molecule has 0 spiro atoms. The third kappa shape index (κ3) is 4.91. The Morgan fingerprint density at radius 1 is 1.03 bits per heavy atom. The zero-order chi connectivity index (χ0) is 27.0. The molecule has 2 aliphatic rings. The van der Waals surface area contributed by atoms with Gasteiger partial charge in [0.2, 0.25) is 0 Å². The molecule has 0 aliphatic carbocycles. The first kappa shape index (κ1) is 26.3. The summed E-state index contributed by atoms with van der Waals surface area (Å²) in [4.78, 5) is 29.5. The number of carbonyl (C=O) groups excluding carboxylic acids is 2. The molecule has 1 amide bonds. The number of fused-ring (bicyclic) bond motifs is 1. The van der Waals surface area contributed by atoms with Gasteiger partial charge in [0.05, 0.1) is 53.7 Å². The Morgan fingerprint density at radius 2 is 1.74 bits per heavy atom. The molecule has 0 N–H and O–H groups in total. The van der Waals surface area contributed by atoms with Crippen LogP contribution in [-0.2, 0) is 16.0 Å². The fourth-order valence-electron chi connectivity index (χ4n) is 4.88. The van der Waals surface area contributed by atoms with Crippen molar-refractivity contribution in [1.29, 1.82) is 0 Å². The quantitative estimate of drug-likeness (QED) is 0.381. The molecule has 198 valence electrons. The zero-order valence-corrected chi connectivity index (χ0v) is 22.4. The summed E-state index contributed by atoms with van der Waals surface area (Å²) in [7, 11) is 1.37. The molecule has 38 heavy (non-hydrogen) atoms. The van der Waals surface area contributed by atoms with Crippen molar-refractivity contribution >= 4 is 40.8 Å². The van der Waals surface area contributed by atoms with Crippen LogP contribution in [0.5, 0.6) is 5.75 Å². The number of hydrogen-bond acceptors (Lipinski definition) is 6. The highest BCUT2D eigenvalue weighted by atomic mass is 35.5. The second kappa shape index (κ2) is 10.8. The van der Waals surface area contributed by atoms with E-state index in [-0.39, 0.29) is 28.9 Å². The molecule has 3 aromatic rings. The van der Waals surface area contributed by atoms with E-state index in [1.807, 2.05) is 37.3 Å². The third-order valence-electron chi connectivity index (χ3n) is 6.70. The third-order valence-corrected chi connectivity index (χ3v) is 7.29. The van der Waals surface area contributed by atoms with Crippen molar-refractivity contribution in [2.45, 2.75) is 13.5 Å². The first-order valence-corrected chi connectivity index (χ1v) is 12.8. The molecule has 2 heterocycles. The Balaban J connectivity index is 1.51. The molecule has 7 nitrogen and oxygen atoms in total. The molecular weight excluding hydrogens is 534 g/mol. The van der Waals surface area contributed by atoms with Crippen LogP contribution in [0, 0.1) is 12.7 Å². The number of benzene rings is 3. The van der Waals surface area contributed by atoms with Crippen LogP contribution in [0.1, 0.15) is 31.8 Å². The van der Waals surface area contributed by atoms with E-state index in [9.17, 15) is 14.0 Å². The maximum Gasteiger partial charge on any atom is 0.340 e. The summed E-state index contributed by atoms with van der Waals surface area (Å²) in [5.74, 6) is -0.824. The Kier molecular flexibility index (Phi) is 7.47. The highest BCUT2D eigenvalue weighted by Crippen LogP contribution is 2.40. The molecule has 0 saturated carbocycles. The predicted octanol–water partition coefficient (Wildman–Crippen LogP) is 5.72. The van der Waals surface area contributed by atoms with E-state index < -0.39 is 17.7 Å². The Morgan fingerprint density at radius 3 is 2.42 bits per heavy atom. The van der Waals surface area contributed by atoms with Crippen LogP contribution in [0.2, 0.25) is 10.0 Å². The number of carbonyl (C=O) groups is 2. The van der Waals surface area contributed by atoms with Gasteiger partial charge in [-0.2, -0.15) is 0 Å². The summed E-state index contributed by atoms with van der Waals surface area (Å²) in [6, 6.07) is 11.7. The van der Waals surface area contributed by atoms with Crippen LogP contribution < -0.4 is 9.64 Å².